The molecule has 0 amide bonds. The molecule has 2 aromatic carbocycles. The molecule has 0 fully saturated rings. The first-order chi connectivity index (χ1) is 20.4. The largest absolute Gasteiger partial charge is 0.509 e. The number of fused-ring (bicyclic) bond motifs is 1. The van der Waals surface area contributed by atoms with Crippen LogP contribution in [-0.2, 0) is 54.0 Å². The van der Waals surface area contributed by atoms with Crippen molar-refractivity contribution in [3.63, 3.8) is 0 Å². The molecular formula is C25H25CuN5O11S3. The van der Waals surface area contributed by atoms with Gasteiger partial charge in [0, 0.05) is 41.5 Å². The Labute approximate surface area is 268 Å². The number of aryl methyl sites for hydroxylation is 1. The van der Waals surface area contributed by atoms with Crippen LogP contribution in [0.4, 0.5) is 17.1 Å². The maximum Gasteiger partial charge on any atom is 0.296 e. The molecular weight excluding hydrogens is 706 g/mol. The van der Waals surface area contributed by atoms with Crippen molar-refractivity contribution in [2.24, 2.45) is 32.3 Å². The monoisotopic (exact) mass is 730 g/mol. The van der Waals surface area contributed by atoms with E-state index in [2.05, 4.69) is 25.8 Å². The topological polar surface area (TPSA) is 265 Å². The summed E-state index contributed by atoms with van der Waals surface area (Å²) in [5.41, 5.74) is -0.0148. The number of hydrogen-bond donors (Lipinski definition) is 6. The van der Waals surface area contributed by atoms with Crippen LogP contribution < -0.4 is 5.32 Å². The predicted molar refractivity (Wildman–Crippen MR) is 156 cm³/mol. The molecule has 4 rings (SSSR count). The fraction of sp³-hybridized carbons (Fsp3) is 0.200. The second-order valence-electron chi connectivity index (χ2n) is 9.58. The van der Waals surface area contributed by atoms with Gasteiger partial charge >= 0.3 is 0 Å². The molecule has 2 aliphatic carbocycles. The van der Waals surface area contributed by atoms with Gasteiger partial charge in [0.05, 0.1) is 10.6 Å². The number of phenols is 1. The second kappa shape index (κ2) is 13.4. The molecule has 0 saturated carbocycles. The molecule has 1 radical (unpaired) electrons. The maximum atomic E-state index is 12.1. The smallest absolute Gasteiger partial charge is 0.296 e. The van der Waals surface area contributed by atoms with E-state index < -0.39 is 74.1 Å². The van der Waals surface area contributed by atoms with Gasteiger partial charge in [0.2, 0.25) is 0 Å². The van der Waals surface area contributed by atoms with Gasteiger partial charge in [0.1, 0.15) is 38.4 Å². The van der Waals surface area contributed by atoms with E-state index >= 15 is 0 Å². The molecule has 2 aromatic rings. The van der Waals surface area contributed by atoms with Gasteiger partial charge in [-0.15, -0.1) is 15.3 Å². The molecule has 0 heterocycles. The Bertz CT molecular complexity index is 2050. The van der Waals surface area contributed by atoms with E-state index in [4.69, 9.17) is 0 Å². The summed E-state index contributed by atoms with van der Waals surface area (Å²) in [5.74, 6) is -3.32. The molecule has 2 aliphatic rings. The second-order valence-corrected chi connectivity index (χ2v) is 13.8. The van der Waals surface area contributed by atoms with E-state index in [0.29, 0.717) is 17.7 Å². The maximum absolute atomic E-state index is 12.1. The summed E-state index contributed by atoms with van der Waals surface area (Å²) in [7, 11) is -12.6. The predicted octanol–water partition coefficient (Wildman–Crippen LogP) is 4.29. The number of nitrogens with one attached hydrogen (secondary N) is 1. The number of aromatic hydroxyl groups is 1. The molecule has 45 heavy (non-hydrogen) atoms. The zero-order valence-corrected chi connectivity index (χ0v) is 26.4. The summed E-state index contributed by atoms with van der Waals surface area (Å²) in [6, 6.07) is 6.43. The van der Waals surface area contributed by atoms with Gasteiger partial charge in [-0.25, -0.2) is 0 Å². The summed E-state index contributed by atoms with van der Waals surface area (Å²) in [4.78, 5) is -1.92. The number of aliphatic hydroxyl groups is 1. The number of phenolic OH excluding ortho intramolecular Hbond substituents is 1. The van der Waals surface area contributed by atoms with E-state index in [-0.39, 0.29) is 34.1 Å². The van der Waals surface area contributed by atoms with Gasteiger partial charge in [-0.3, -0.25) is 13.7 Å². The summed E-state index contributed by atoms with van der Waals surface area (Å²) < 4.78 is 99.4. The summed E-state index contributed by atoms with van der Waals surface area (Å²) >= 11 is 0. The van der Waals surface area contributed by atoms with E-state index in [1.165, 1.54) is 37.3 Å². The zero-order chi connectivity index (χ0) is 32.6. The van der Waals surface area contributed by atoms with E-state index in [1.54, 1.807) is 7.05 Å². The van der Waals surface area contributed by atoms with Crippen molar-refractivity contribution in [3.05, 3.63) is 87.0 Å². The zero-order valence-electron chi connectivity index (χ0n) is 23.1. The summed E-state index contributed by atoms with van der Waals surface area (Å²) in [5, 5.41) is 39.7. The normalized spacial score (nSPS) is 19.0. The fourth-order valence-electron chi connectivity index (χ4n) is 4.36. The Morgan fingerprint density at radius 1 is 0.800 bits per heavy atom. The van der Waals surface area contributed by atoms with Crippen LogP contribution in [0.15, 0.2) is 101 Å². The molecule has 20 heteroatoms. The third-order valence-electron chi connectivity index (χ3n) is 6.45. The molecule has 2 unspecified atom stereocenters. The van der Waals surface area contributed by atoms with Crippen molar-refractivity contribution >= 4 is 47.4 Å². The molecule has 0 bridgehead atoms. The van der Waals surface area contributed by atoms with Gasteiger partial charge in [-0.05, 0) is 49.4 Å². The van der Waals surface area contributed by atoms with E-state index in [0.717, 1.165) is 24.3 Å². The molecule has 6 N–H and O–H groups in total. The molecule has 0 aliphatic heterocycles. The minimum atomic E-state index is -5.03. The van der Waals surface area contributed by atoms with E-state index in [1.807, 2.05) is 0 Å². The average Bonchev–Trinajstić information content (AvgIpc) is 2.91. The number of aliphatic hydroxyl groups excluding tert-OH is 1. The van der Waals surface area contributed by atoms with Crippen molar-refractivity contribution in [2.45, 2.75) is 18.4 Å². The van der Waals surface area contributed by atoms with Crippen LogP contribution >= 0.6 is 0 Å². The Hall–Kier alpha value is -3.59. The van der Waals surface area contributed by atoms with Gasteiger partial charge in [0.15, 0.2) is 0 Å². The molecule has 2 atom stereocenters. The quantitative estimate of drug-likeness (QED) is 0.120. The standard InChI is InChI=1S/C25H25N5O11S3.Cu/c1-13-7-19(21(31)11-18(13)27-29-20-8-14(12-26-2)3-6-22(20)43(36,37)38)28-30-24-23(44(39,40)41)10-15-9-16(42(33,34)35)4-5-17(15)25(24)32;/h3-11,15,17,26,31-32H,12H2,1-2H3,(H,33,34,35)(H,36,37,38)(H,39,40,41);. The van der Waals surface area contributed by atoms with Crippen molar-refractivity contribution < 1.29 is 66.2 Å². The average molecular weight is 731 g/mol. The molecule has 245 valence electrons. The summed E-state index contributed by atoms with van der Waals surface area (Å²) in [6.07, 6.45) is 4.13. The van der Waals surface area contributed by atoms with Crippen LogP contribution in [0, 0.1) is 18.8 Å². The van der Waals surface area contributed by atoms with Crippen molar-refractivity contribution in [1.29, 1.82) is 0 Å². The first kappa shape index (κ1) is 35.9. The number of azo groups is 2. The van der Waals surface area contributed by atoms with Gasteiger partial charge < -0.3 is 15.5 Å². The van der Waals surface area contributed by atoms with Crippen molar-refractivity contribution in [1.82, 2.24) is 5.32 Å². The number of hydrogen-bond acceptors (Lipinski definition) is 13. The van der Waals surface area contributed by atoms with Crippen LogP contribution in [0.2, 0.25) is 0 Å². The van der Waals surface area contributed by atoms with Crippen LogP contribution in [-0.4, -0.2) is 56.2 Å². The molecule has 0 aromatic heterocycles. The fourth-order valence-corrected chi connectivity index (χ4v) is 6.26. The molecule has 0 spiro atoms. The van der Waals surface area contributed by atoms with Crippen molar-refractivity contribution in [2.75, 3.05) is 7.05 Å². The first-order valence-electron chi connectivity index (χ1n) is 12.3. The number of benzene rings is 2. The SMILES string of the molecule is CNCc1ccc(S(=O)(=O)O)c(N=Nc2cc(O)c(N=NC3=C(O)C4C=CC(S(=O)(=O)O)=CC4C=C3S(=O)(=O)O)cc2C)c1.[Cu]. The van der Waals surface area contributed by atoms with Gasteiger partial charge in [0.25, 0.3) is 30.4 Å². The van der Waals surface area contributed by atoms with Crippen molar-refractivity contribution in [3.8, 4) is 5.75 Å². The van der Waals surface area contributed by atoms with Gasteiger partial charge in [-0.2, -0.15) is 30.4 Å². The third-order valence-corrected chi connectivity index (χ3v) is 9.10. The molecule has 0 saturated heterocycles. The minimum Gasteiger partial charge on any atom is -0.509 e. The Morgan fingerprint density at radius 2 is 1.44 bits per heavy atom. The molecule has 16 nitrogen and oxygen atoms in total. The van der Waals surface area contributed by atoms with Crippen LogP contribution in [0.1, 0.15) is 11.1 Å². The van der Waals surface area contributed by atoms with E-state index in [9.17, 15) is 49.1 Å². The van der Waals surface area contributed by atoms with Gasteiger partial charge in [-0.1, -0.05) is 24.3 Å². The Balaban J connectivity index is 0.00000552. The number of nitrogens with zero attached hydrogens (tertiary/aromatic N) is 4. The Morgan fingerprint density at radius 3 is 2.04 bits per heavy atom. The summed E-state index contributed by atoms with van der Waals surface area (Å²) in [6.45, 7) is 1.90. The van der Waals surface area contributed by atoms with Crippen LogP contribution in [0.3, 0.4) is 0 Å². The number of rotatable bonds is 9. The van der Waals surface area contributed by atoms with Crippen LogP contribution in [0.5, 0.6) is 5.75 Å². The van der Waals surface area contributed by atoms with Crippen LogP contribution in [0.25, 0.3) is 0 Å². The first-order valence-corrected chi connectivity index (χ1v) is 16.6. The minimum absolute atomic E-state index is 0. The number of allylic oxidation sites excluding steroid dienone is 4. The third kappa shape index (κ3) is 8.17. The Kier molecular flexibility index (Phi) is 10.7.